The summed E-state index contributed by atoms with van der Waals surface area (Å²) in [5.41, 5.74) is 1.61. The van der Waals surface area contributed by atoms with E-state index in [1.165, 1.54) is 6.08 Å². The number of thiocarbonyl (C=S) groups is 1. The van der Waals surface area contributed by atoms with Crippen molar-refractivity contribution in [1.29, 1.82) is 0 Å². The van der Waals surface area contributed by atoms with Gasteiger partial charge in [-0.15, -0.1) is 0 Å². The molecule has 5 nitrogen and oxygen atoms in total. The lowest BCUT2D eigenvalue weighted by molar-refractivity contribution is -0.123. The van der Waals surface area contributed by atoms with E-state index in [1.54, 1.807) is 18.2 Å². The quantitative estimate of drug-likeness (QED) is 0.379. The molecule has 0 saturated carbocycles. The molecule has 1 fully saturated rings. The highest BCUT2D eigenvalue weighted by molar-refractivity contribution is 7.80. The lowest BCUT2D eigenvalue weighted by Crippen LogP contribution is -2.51. The minimum absolute atomic E-state index is 0.00707. The molecule has 0 radical (unpaired) electrons. The first kappa shape index (κ1) is 19.1. The van der Waals surface area contributed by atoms with E-state index in [1.807, 2.05) is 24.3 Å². The van der Waals surface area contributed by atoms with Crippen molar-refractivity contribution < 1.29 is 14.3 Å². The monoisotopic (exact) mass is 422 g/mol. The maximum Gasteiger partial charge on any atom is 0.263 e. The number of ether oxygens (including phenoxy) is 1. The van der Waals surface area contributed by atoms with Crippen molar-refractivity contribution in [2.75, 3.05) is 0 Å². The van der Waals surface area contributed by atoms with Gasteiger partial charge in [0.2, 0.25) is 0 Å². The Hall–Kier alpha value is -3.22. The van der Waals surface area contributed by atoms with Crippen molar-refractivity contribution in [2.45, 2.75) is 6.61 Å². The topological polar surface area (TPSA) is 67.4 Å². The number of hydrogen-bond acceptors (Lipinski definition) is 4. The molecule has 0 bridgehead atoms. The van der Waals surface area contributed by atoms with Gasteiger partial charge in [0.15, 0.2) is 5.11 Å². The number of fused-ring (bicyclic) bond motifs is 1. The lowest BCUT2D eigenvalue weighted by atomic mass is 10.1. The van der Waals surface area contributed by atoms with Crippen molar-refractivity contribution in [3.05, 3.63) is 82.4 Å². The average Bonchev–Trinajstić information content (AvgIpc) is 2.70. The average molecular weight is 423 g/mol. The van der Waals surface area contributed by atoms with Crippen LogP contribution in [0, 0.1) is 0 Å². The van der Waals surface area contributed by atoms with Gasteiger partial charge in [0, 0.05) is 0 Å². The fourth-order valence-corrected chi connectivity index (χ4v) is 3.50. The first-order valence-corrected chi connectivity index (χ1v) is 9.57. The van der Waals surface area contributed by atoms with E-state index in [2.05, 4.69) is 28.8 Å². The summed E-state index contributed by atoms with van der Waals surface area (Å²) in [6, 6.07) is 19.2. The molecule has 0 spiro atoms. The number of carbonyl (C=O) groups is 2. The van der Waals surface area contributed by atoms with Crippen LogP contribution < -0.4 is 15.4 Å². The van der Waals surface area contributed by atoms with Crippen LogP contribution in [-0.4, -0.2) is 16.9 Å². The zero-order chi connectivity index (χ0) is 20.4. The van der Waals surface area contributed by atoms with Gasteiger partial charge in [-0.1, -0.05) is 60.1 Å². The number of amides is 2. The molecule has 29 heavy (non-hydrogen) atoms. The molecule has 1 aliphatic heterocycles. The van der Waals surface area contributed by atoms with Gasteiger partial charge < -0.3 is 4.74 Å². The van der Waals surface area contributed by atoms with E-state index in [0.29, 0.717) is 22.9 Å². The molecule has 1 heterocycles. The maximum atomic E-state index is 12.0. The van der Waals surface area contributed by atoms with Crippen LogP contribution in [0.5, 0.6) is 5.75 Å². The van der Waals surface area contributed by atoms with Gasteiger partial charge in [0.25, 0.3) is 11.8 Å². The fourth-order valence-electron chi connectivity index (χ4n) is 3.07. The molecule has 0 atom stereocenters. The predicted molar refractivity (Wildman–Crippen MR) is 117 cm³/mol. The highest BCUT2D eigenvalue weighted by Gasteiger charge is 2.25. The Morgan fingerprint density at radius 3 is 2.45 bits per heavy atom. The summed E-state index contributed by atoms with van der Waals surface area (Å²) >= 11 is 11.1. The van der Waals surface area contributed by atoms with E-state index in [-0.39, 0.29) is 10.7 Å². The number of carbonyl (C=O) groups excluding carboxylic acids is 2. The van der Waals surface area contributed by atoms with Crippen LogP contribution in [0.3, 0.4) is 0 Å². The third-order valence-corrected chi connectivity index (χ3v) is 4.97. The molecule has 4 rings (SSSR count). The number of benzene rings is 3. The number of rotatable bonds is 4. The number of hydrogen-bond donors (Lipinski definition) is 2. The van der Waals surface area contributed by atoms with Crippen LogP contribution in [0.25, 0.3) is 16.8 Å². The summed E-state index contributed by atoms with van der Waals surface area (Å²) in [5, 5.41) is 7.43. The zero-order valence-corrected chi connectivity index (χ0v) is 16.6. The molecule has 2 amide bonds. The Morgan fingerprint density at radius 1 is 0.966 bits per heavy atom. The molecule has 0 aliphatic carbocycles. The first-order chi connectivity index (χ1) is 14.0. The smallest absolute Gasteiger partial charge is 0.263 e. The molecule has 0 unspecified atom stereocenters. The first-order valence-electron chi connectivity index (χ1n) is 8.78. The van der Waals surface area contributed by atoms with Crippen molar-refractivity contribution in [3.8, 4) is 5.75 Å². The van der Waals surface area contributed by atoms with Gasteiger partial charge in [-0.05, 0) is 52.3 Å². The maximum absolute atomic E-state index is 12.0. The van der Waals surface area contributed by atoms with Crippen molar-refractivity contribution in [3.63, 3.8) is 0 Å². The fraction of sp³-hybridized carbons (Fsp3) is 0.0455. The van der Waals surface area contributed by atoms with Crippen LogP contribution in [0.1, 0.15) is 11.1 Å². The second-order valence-electron chi connectivity index (χ2n) is 6.41. The summed E-state index contributed by atoms with van der Waals surface area (Å²) in [7, 11) is 0. The lowest BCUT2D eigenvalue weighted by Gasteiger charge is -2.16. The van der Waals surface area contributed by atoms with Gasteiger partial charge in [0.1, 0.15) is 17.9 Å². The molecule has 1 saturated heterocycles. The summed E-state index contributed by atoms with van der Waals surface area (Å²) < 4.78 is 5.90. The Labute approximate surface area is 177 Å². The van der Waals surface area contributed by atoms with Crippen LogP contribution in [0.2, 0.25) is 5.02 Å². The minimum Gasteiger partial charge on any atom is -0.487 e. The van der Waals surface area contributed by atoms with E-state index < -0.39 is 11.8 Å². The second kappa shape index (κ2) is 8.03. The summed E-state index contributed by atoms with van der Waals surface area (Å²) in [4.78, 5) is 23.9. The highest BCUT2D eigenvalue weighted by atomic mass is 35.5. The normalized spacial score (nSPS) is 13.8. The van der Waals surface area contributed by atoms with E-state index in [4.69, 9.17) is 28.6 Å². The van der Waals surface area contributed by atoms with E-state index in [0.717, 1.165) is 16.3 Å². The molecule has 7 heteroatoms. The van der Waals surface area contributed by atoms with Gasteiger partial charge in [-0.2, -0.15) is 0 Å². The largest absolute Gasteiger partial charge is 0.487 e. The highest BCUT2D eigenvalue weighted by Crippen LogP contribution is 2.28. The van der Waals surface area contributed by atoms with Crippen LogP contribution in [0.15, 0.2) is 66.2 Å². The van der Waals surface area contributed by atoms with Gasteiger partial charge in [0.05, 0.1) is 5.02 Å². The van der Waals surface area contributed by atoms with Gasteiger partial charge in [-0.3, -0.25) is 20.2 Å². The van der Waals surface area contributed by atoms with Crippen molar-refractivity contribution >= 4 is 57.6 Å². The van der Waals surface area contributed by atoms with Crippen LogP contribution in [-0.2, 0) is 16.2 Å². The molecule has 2 N–H and O–H groups in total. The number of halogens is 1. The summed E-state index contributed by atoms with van der Waals surface area (Å²) in [6.45, 7) is 0.365. The van der Waals surface area contributed by atoms with Crippen LogP contribution in [0.4, 0.5) is 0 Å². The Kier molecular flexibility index (Phi) is 5.29. The standard InChI is InChI=1S/C22H15ClN2O3S/c23-18-11-13(10-17-20(26)24-22(29)25-21(17)27)8-9-19(18)28-12-15-6-3-5-14-4-1-2-7-16(14)15/h1-11H,12H2,(H2,24,25,26,27,29). The predicted octanol–water partition coefficient (Wildman–Crippen LogP) is 3.99. The molecule has 1 aliphatic rings. The molecule has 3 aromatic rings. The third-order valence-electron chi connectivity index (χ3n) is 4.47. The molecule has 144 valence electrons. The molecule has 0 aromatic heterocycles. The Balaban J connectivity index is 1.53. The van der Waals surface area contributed by atoms with E-state index >= 15 is 0 Å². The zero-order valence-electron chi connectivity index (χ0n) is 15.1. The molecule has 3 aromatic carbocycles. The summed E-state index contributed by atoms with van der Waals surface area (Å²) in [6.07, 6.45) is 1.45. The van der Waals surface area contributed by atoms with Crippen molar-refractivity contribution in [2.24, 2.45) is 0 Å². The molecular formula is C22H15ClN2O3S. The van der Waals surface area contributed by atoms with E-state index in [9.17, 15) is 9.59 Å². The SMILES string of the molecule is O=C1NC(=S)NC(=O)C1=Cc1ccc(OCc2cccc3ccccc23)c(Cl)c1. The minimum atomic E-state index is -0.550. The third kappa shape index (κ3) is 4.13. The Bertz CT molecular complexity index is 1160. The summed E-state index contributed by atoms with van der Waals surface area (Å²) in [5.74, 6) is -0.585. The second-order valence-corrected chi connectivity index (χ2v) is 7.23. The van der Waals surface area contributed by atoms with Gasteiger partial charge >= 0.3 is 0 Å². The van der Waals surface area contributed by atoms with Crippen molar-refractivity contribution in [1.82, 2.24) is 10.6 Å². The Morgan fingerprint density at radius 2 is 1.69 bits per heavy atom. The number of nitrogens with one attached hydrogen (secondary N) is 2. The van der Waals surface area contributed by atoms with Gasteiger partial charge in [-0.25, -0.2) is 0 Å². The molecular weight excluding hydrogens is 408 g/mol. The van der Waals surface area contributed by atoms with Crippen LogP contribution >= 0.6 is 23.8 Å².